The predicted octanol–water partition coefficient (Wildman–Crippen LogP) is 5.33. The highest BCUT2D eigenvalue weighted by molar-refractivity contribution is 7.86. The highest BCUT2D eigenvalue weighted by Gasteiger charge is 2.83. The normalized spacial score (nSPS) is 22.5. The Morgan fingerprint density at radius 3 is 1.81 bits per heavy atom. The van der Waals surface area contributed by atoms with E-state index in [0.29, 0.717) is 5.30 Å². The minimum Gasteiger partial charge on any atom is -0.196 e. The van der Waals surface area contributed by atoms with Crippen LogP contribution in [-0.4, -0.2) is 18.0 Å². The second-order valence-corrected chi connectivity index (χ2v) is 9.90. The second kappa shape index (κ2) is 5.96. The summed E-state index contributed by atoms with van der Waals surface area (Å²) in [6.45, 7) is 3.20. The van der Waals surface area contributed by atoms with Crippen molar-refractivity contribution in [2.45, 2.75) is 37.5 Å². The first-order valence-corrected chi connectivity index (χ1v) is 9.64. The van der Waals surface area contributed by atoms with E-state index >= 15 is 0 Å². The zero-order chi connectivity index (χ0) is 19.4. The Balaban J connectivity index is 2.43. The van der Waals surface area contributed by atoms with Crippen molar-refractivity contribution in [1.82, 2.24) is 0 Å². The summed E-state index contributed by atoms with van der Waals surface area (Å²) in [5, 5.41) is 0.355. The van der Waals surface area contributed by atoms with E-state index in [0.717, 1.165) is 6.07 Å². The standard InChI is InChI=1S/C18H16F6OP/c1-12(2)26(13-8-4-3-5-9-13)15-11-7-6-10-14(15)16(25-26,17(19,20)21)18(22,23)24/h3-12H,1-2H3/q+1. The van der Waals surface area contributed by atoms with Gasteiger partial charge in [-0.2, -0.15) is 30.9 Å². The Hall–Kier alpha value is -1.59. The van der Waals surface area contributed by atoms with Gasteiger partial charge in [0.05, 0.1) is 5.56 Å². The van der Waals surface area contributed by atoms with Crippen molar-refractivity contribution in [3.8, 4) is 0 Å². The van der Waals surface area contributed by atoms with Crippen LogP contribution in [0.2, 0.25) is 0 Å². The van der Waals surface area contributed by atoms with Gasteiger partial charge in [-0.1, -0.05) is 36.4 Å². The Labute approximate surface area is 147 Å². The summed E-state index contributed by atoms with van der Waals surface area (Å²) in [5.41, 5.74) is -5.76. The van der Waals surface area contributed by atoms with Gasteiger partial charge in [0, 0.05) is 0 Å². The van der Waals surface area contributed by atoms with Gasteiger partial charge in [0.15, 0.2) is 0 Å². The van der Waals surface area contributed by atoms with E-state index in [9.17, 15) is 26.3 Å². The highest BCUT2D eigenvalue weighted by Crippen LogP contribution is 2.75. The van der Waals surface area contributed by atoms with E-state index in [1.54, 1.807) is 32.0 Å². The molecule has 26 heavy (non-hydrogen) atoms. The number of alkyl halides is 6. The van der Waals surface area contributed by atoms with E-state index < -0.39 is 36.7 Å². The molecule has 1 unspecified atom stereocenters. The lowest BCUT2D eigenvalue weighted by molar-refractivity contribution is -0.362. The summed E-state index contributed by atoms with van der Waals surface area (Å²) in [4.78, 5) is 0. The molecule has 0 aromatic heterocycles. The molecule has 140 valence electrons. The van der Waals surface area contributed by atoms with Crippen molar-refractivity contribution < 1.29 is 30.9 Å². The van der Waals surface area contributed by atoms with Gasteiger partial charge in [0.25, 0.3) is 0 Å². The third-order valence-electron chi connectivity index (χ3n) is 4.59. The zero-order valence-electron chi connectivity index (χ0n) is 13.9. The SMILES string of the molecule is CC(C)[P+]1(c2ccccc2)OC(C(F)(F)F)(C(F)(F)F)c2ccccc21. The summed E-state index contributed by atoms with van der Waals surface area (Å²) in [6.07, 6.45) is -11.3. The summed E-state index contributed by atoms with van der Waals surface area (Å²) in [7, 11) is -3.42. The summed E-state index contributed by atoms with van der Waals surface area (Å²) in [5.74, 6) is 0. The molecule has 0 bridgehead atoms. The highest BCUT2D eigenvalue weighted by atomic mass is 31.2. The molecule has 3 rings (SSSR count). The monoisotopic (exact) mass is 393 g/mol. The number of rotatable bonds is 2. The van der Waals surface area contributed by atoms with Crippen LogP contribution in [0.25, 0.3) is 0 Å². The van der Waals surface area contributed by atoms with E-state index in [2.05, 4.69) is 0 Å². The van der Waals surface area contributed by atoms with Crippen LogP contribution in [0, 0.1) is 0 Å². The molecule has 2 aromatic rings. The lowest BCUT2D eigenvalue weighted by Gasteiger charge is -2.33. The first kappa shape index (κ1) is 19.2. The molecule has 0 amide bonds. The molecule has 2 aromatic carbocycles. The molecule has 1 aliphatic heterocycles. The lowest BCUT2D eigenvalue weighted by Crippen LogP contribution is -2.54. The molecule has 8 heteroatoms. The Bertz CT molecular complexity index is 785. The molecule has 0 fully saturated rings. The van der Waals surface area contributed by atoms with Gasteiger partial charge in [-0.25, -0.2) is 0 Å². The molecule has 0 saturated carbocycles. The fourth-order valence-corrected chi connectivity index (χ4v) is 7.56. The first-order chi connectivity index (χ1) is 12.0. The van der Waals surface area contributed by atoms with Crippen LogP contribution in [-0.2, 0) is 10.1 Å². The summed E-state index contributed by atoms with van der Waals surface area (Å²) >= 11 is 0. The smallest absolute Gasteiger partial charge is 0.196 e. The Morgan fingerprint density at radius 1 is 0.808 bits per heavy atom. The minimum absolute atomic E-state index is 0.00384. The van der Waals surface area contributed by atoms with Crippen molar-refractivity contribution in [1.29, 1.82) is 0 Å². The van der Waals surface area contributed by atoms with Crippen molar-refractivity contribution >= 4 is 18.1 Å². The zero-order valence-corrected chi connectivity index (χ0v) is 14.8. The van der Waals surface area contributed by atoms with Crippen LogP contribution < -0.4 is 10.6 Å². The number of fused-ring (bicyclic) bond motifs is 1. The van der Waals surface area contributed by atoms with E-state index in [4.69, 9.17) is 4.52 Å². The van der Waals surface area contributed by atoms with Gasteiger partial charge < -0.3 is 0 Å². The van der Waals surface area contributed by atoms with Crippen LogP contribution in [0.15, 0.2) is 54.6 Å². The van der Waals surface area contributed by atoms with Gasteiger partial charge in [-0.3, -0.25) is 0 Å². The fourth-order valence-electron chi connectivity index (χ4n) is 3.47. The third kappa shape index (κ3) is 2.40. The van der Waals surface area contributed by atoms with Crippen LogP contribution >= 0.6 is 7.49 Å². The maximum Gasteiger partial charge on any atom is 0.435 e. The van der Waals surface area contributed by atoms with Gasteiger partial charge in [-0.05, 0) is 32.0 Å². The molecule has 0 radical (unpaired) electrons. The number of hydrogen-bond donors (Lipinski definition) is 0. The molecule has 0 aliphatic carbocycles. The predicted molar refractivity (Wildman–Crippen MR) is 89.1 cm³/mol. The number of benzene rings is 2. The van der Waals surface area contributed by atoms with Crippen molar-refractivity contribution in [3.05, 3.63) is 60.2 Å². The van der Waals surface area contributed by atoms with Crippen molar-refractivity contribution in [2.24, 2.45) is 0 Å². The molecule has 0 N–H and O–H groups in total. The summed E-state index contributed by atoms with van der Waals surface area (Å²) in [6, 6.07) is 12.7. The van der Waals surface area contributed by atoms with Gasteiger partial charge in [0.2, 0.25) is 7.49 Å². The van der Waals surface area contributed by atoms with Gasteiger partial charge in [-0.15, -0.1) is 0 Å². The number of halogens is 6. The average molecular weight is 393 g/mol. The van der Waals surface area contributed by atoms with Gasteiger partial charge in [0.1, 0.15) is 16.3 Å². The molecular weight excluding hydrogens is 377 g/mol. The van der Waals surface area contributed by atoms with Crippen molar-refractivity contribution in [2.75, 3.05) is 0 Å². The van der Waals surface area contributed by atoms with Crippen LogP contribution in [0.4, 0.5) is 26.3 Å². The van der Waals surface area contributed by atoms with E-state index in [1.165, 1.54) is 30.3 Å². The van der Waals surface area contributed by atoms with Crippen LogP contribution in [0.5, 0.6) is 0 Å². The molecule has 0 saturated heterocycles. The largest absolute Gasteiger partial charge is 0.435 e. The van der Waals surface area contributed by atoms with Crippen molar-refractivity contribution in [3.63, 3.8) is 0 Å². The average Bonchev–Trinajstić information content (AvgIpc) is 2.89. The molecule has 0 spiro atoms. The molecule has 1 heterocycles. The molecule has 1 atom stereocenters. The molecule has 1 nitrogen and oxygen atoms in total. The minimum atomic E-state index is -5.65. The topological polar surface area (TPSA) is 9.23 Å². The second-order valence-electron chi connectivity index (χ2n) is 6.37. The Morgan fingerprint density at radius 2 is 1.31 bits per heavy atom. The van der Waals surface area contributed by atoms with E-state index in [1.807, 2.05) is 0 Å². The Kier molecular flexibility index (Phi) is 4.40. The van der Waals surface area contributed by atoms with Crippen LogP contribution in [0.1, 0.15) is 19.4 Å². The maximum atomic E-state index is 13.9. The van der Waals surface area contributed by atoms with Crippen LogP contribution in [0.3, 0.4) is 0 Å². The fraction of sp³-hybridized carbons (Fsp3) is 0.333. The lowest BCUT2D eigenvalue weighted by atomic mass is 9.92. The van der Waals surface area contributed by atoms with Gasteiger partial charge >= 0.3 is 18.0 Å². The molecular formula is C18H16F6OP+. The summed E-state index contributed by atoms with van der Waals surface area (Å²) < 4.78 is 88.6. The third-order valence-corrected chi connectivity index (χ3v) is 8.77. The molecule has 1 aliphatic rings. The maximum absolute atomic E-state index is 13.9. The number of hydrogen-bond acceptors (Lipinski definition) is 1. The first-order valence-electron chi connectivity index (χ1n) is 7.87. The van der Waals surface area contributed by atoms with E-state index in [-0.39, 0.29) is 5.30 Å². The quantitative estimate of drug-likeness (QED) is 0.495.